The first-order chi connectivity index (χ1) is 9.04. The number of ether oxygens (including phenoxy) is 1. The van der Waals surface area contributed by atoms with Crippen molar-refractivity contribution in [3.63, 3.8) is 0 Å². The molecule has 0 aliphatic carbocycles. The second-order valence-electron chi connectivity index (χ2n) is 4.82. The Labute approximate surface area is 122 Å². The third kappa shape index (κ3) is 3.19. The van der Waals surface area contributed by atoms with E-state index in [1.54, 1.807) is 17.7 Å². The average Bonchev–Trinajstić information content (AvgIpc) is 2.83. The zero-order valence-electron chi connectivity index (χ0n) is 12.1. The summed E-state index contributed by atoms with van der Waals surface area (Å²) in [6.45, 7) is 9.40. The zero-order chi connectivity index (χ0) is 14.0. The van der Waals surface area contributed by atoms with Crippen LogP contribution < -0.4 is 15.3 Å². The molecule has 0 saturated carbocycles. The Bertz CT molecular complexity index is 544. The van der Waals surface area contributed by atoms with E-state index in [0.717, 1.165) is 5.75 Å². The van der Waals surface area contributed by atoms with Crippen LogP contribution in [0.4, 0.5) is 0 Å². The molecular weight excluding hydrogens is 290 g/mol. The monoisotopic (exact) mass is 310 g/mol. The highest BCUT2D eigenvalue weighted by atomic mass is 32.1. The van der Waals surface area contributed by atoms with E-state index in [1.165, 1.54) is 10.4 Å². The molecule has 0 radical (unpaired) electrons. The van der Waals surface area contributed by atoms with Crippen molar-refractivity contribution < 1.29 is 4.74 Å². The molecule has 0 bridgehead atoms. The normalized spacial score (nSPS) is 11.3. The molecule has 4 heteroatoms. The van der Waals surface area contributed by atoms with Gasteiger partial charge in [-0.1, -0.05) is 15.8 Å². The standard InChI is InChI=1S/C15H20OP2S/c1-16-12-8-6-11(7-9-12)15-14(18(4)5)13(10-19-15)17(2)3/h6-10H,1-5H3. The van der Waals surface area contributed by atoms with Crippen LogP contribution in [-0.4, -0.2) is 33.8 Å². The summed E-state index contributed by atoms with van der Waals surface area (Å²) in [5, 5.41) is 5.55. The smallest absolute Gasteiger partial charge is 0.118 e. The van der Waals surface area contributed by atoms with Crippen molar-refractivity contribution in [2.75, 3.05) is 33.8 Å². The number of methoxy groups -OCH3 is 1. The van der Waals surface area contributed by atoms with Crippen LogP contribution >= 0.6 is 27.2 Å². The second-order valence-corrected chi connectivity index (χ2v) is 10.2. The molecule has 0 aliphatic heterocycles. The molecule has 0 fully saturated rings. The molecule has 1 nitrogen and oxygen atoms in total. The second kappa shape index (κ2) is 6.35. The van der Waals surface area contributed by atoms with Crippen LogP contribution in [0.2, 0.25) is 0 Å². The van der Waals surface area contributed by atoms with Crippen molar-refractivity contribution in [1.29, 1.82) is 0 Å². The molecule has 0 spiro atoms. The highest BCUT2D eigenvalue weighted by Gasteiger charge is 2.17. The van der Waals surface area contributed by atoms with Gasteiger partial charge in [0.05, 0.1) is 7.11 Å². The van der Waals surface area contributed by atoms with E-state index in [2.05, 4.69) is 44.2 Å². The lowest BCUT2D eigenvalue weighted by Gasteiger charge is -2.14. The van der Waals surface area contributed by atoms with Gasteiger partial charge >= 0.3 is 0 Å². The van der Waals surface area contributed by atoms with Crippen LogP contribution in [0.25, 0.3) is 10.4 Å². The lowest BCUT2D eigenvalue weighted by atomic mass is 10.2. The summed E-state index contributed by atoms with van der Waals surface area (Å²) >= 11 is 1.89. The molecule has 0 atom stereocenters. The molecule has 0 amide bonds. The van der Waals surface area contributed by atoms with Crippen molar-refractivity contribution in [2.24, 2.45) is 0 Å². The summed E-state index contributed by atoms with van der Waals surface area (Å²) in [4.78, 5) is 1.45. The van der Waals surface area contributed by atoms with Crippen molar-refractivity contribution in [3.05, 3.63) is 29.6 Å². The minimum absolute atomic E-state index is 0.0257. The van der Waals surface area contributed by atoms with Crippen LogP contribution in [0.3, 0.4) is 0 Å². The number of rotatable bonds is 4. The van der Waals surface area contributed by atoms with Gasteiger partial charge in [0.2, 0.25) is 0 Å². The fourth-order valence-electron chi connectivity index (χ4n) is 2.04. The van der Waals surface area contributed by atoms with Gasteiger partial charge in [0.15, 0.2) is 0 Å². The van der Waals surface area contributed by atoms with Crippen LogP contribution in [-0.2, 0) is 0 Å². The fourth-order valence-corrected chi connectivity index (χ4v) is 7.54. The predicted octanol–water partition coefficient (Wildman–Crippen LogP) is 4.16. The van der Waals surface area contributed by atoms with Crippen LogP contribution in [0.1, 0.15) is 0 Å². The Kier molecular flexibility index (Phi) is 5.01. The molecule has 0 N–H and O–H groups in total. The first kappa shape index (κ1) is 15.0. The topological polar surface area (TPSA) is 9.23 Å². The van der Waals surface area contributed by atoms with Crippen LogP contribution in [0.15, 0.2) is 29.6 Å². The molecule has 1 aromatic carbocycles. The molecule has 0 unspecified atom stereocenters. The molecular formula is C15H20OP2S. The highest BCUT2D eigenvalue weighted by molar-refractivity contribution is 7.71. The van der Waals surface area contributed by atoms with Crippen molar-refractivity contribution in [1.82, 2.24) is 0 Å². The van der Waals surface area contributed by atoms with Gasteiger partial charge in [0.25, 0.3) is 0 Å². The van der Waals surface area contributed by atoms with Crippen molar-refractivity contribution in [3.8, 4) is 16.2 Å². The number of thiophene rings is 1. The van der Waals surface area contributed by atoms with Crippen molar-refractivity contribution >= 4 is 37.8 Å². The summed E-state index contributed by atoms with van der Waals surface area (Å²) < 4.78 is 5.24. The average molecular weight is 310 g/mol. The van der Waals surface area contributed by atoms with Gasteiger partial charge in [-0.3, -0.25) is 0 Å². The van der Waals surface area contributed by atoms with E-state index in [0.29, 0.717) is 0 Å². The van der Waals surface area contributed by atoms with Gasteiger partial charge < -0.3 is 4.74 Å². The number of hydrogen-bond acceptors (Lipinski definition) is 2. The first-order valence-electron chi connectivity index (χ1n) is 6.15. The van der Waals surface area contributed by atoms with Crippen LogP contribution in [0, 0.1) is 0 Å². The number of hydrogen-bond donors (Lipinski definition) is 0. The SMILES string of the molecule is COc1ccc(-c2scc(P(C)C)c2P(C)C)cc1. The minimum Gasteiger partial charge on any atom is -0.497 e. The molecule has 2 rings (SSSR count). The maximum atomic E-state index is 5.24. The van der Waals surface area contributed by atoms with Crippen molar-refractivity contribution in [2.45, 2.75) is 0 Å². The van der Waals surface area contributed by atoms with Crippen LogP contribution in [0.5, 0.6) is 5.75 Å². The Hall–Kier alpha value is -0.420. The molecule has 0 saturated heterocycles. The third-order valence-corrected chi connectivity index (χ3v) is 7.23. The van der Waals surface area contributed by atoms with E-state index < -0.39 is 0 Å². The Morgan fingerprint density at radius 3 is 2.05 bits per heavy atom. The zero-order valence-corrected chi connectivity index (χ0v) is 14.7. The predicted molar refractivity (Wildman–Crippen MR) is 93.1 cm³/mol. The van der Waals surface area contributed by atoms with E-state index in [1.807, 2.05) is 23.5 Å². The van der Waals surface area contributed by atoms with E-state index in [4.69, 9.17) is 4.74 Å². The molecule has 0 aliphatic rings. The highest BCUT2D eigenvalue weighted by Crippen LogP contribution is 2.39. The van der Waals surface area contributed by atoms with E-state index in [-0.39, 0.29) is 15.8 Å². The van der Waals surface area contributed by atoms with E-state index >= 15 is 0 Å². The van der Waals surface area contributed by atoms with Gasteiger partial charge in [0.1, 0.15) is 5.75 Å². The molecule has 19 heavy (non-hydrogen) atoms. The molecule has 1 heterocycles. The summed E-state index contributed by atoms with van der Waals surface area (Å²) in [6.07, 6.45) is 0. The molecule has 1 aromatic heterocycles. The summed E-state index contributed by atoms with van der Waals surface area (Å²) in [6, 6.07) is 8.44. The maximum Gasteiger partial charge on any atom is 0.118 e. The Morgan fingerprint density at radius 2 is 1.58 bits per heavy atom. The maximum absolute atomic E-state index is 5.24. The molecule has 2 aromatic rings. The van der Waals surface area contributed by atoms with Gasteiger partial charge in [0, 0.05) is 10.2 Å². The largest absolute Gasteiger partial charge is 0.497 e. The third-order valence-electron chi connectivity index (χ3n) is 3.03. The quantitative estimate of drug-likeness (QED) is 0.771. The Balaban J connectivity index is 2.49. The Morgan fingerprint density at radius 1 is 0.947 bits per heavy atom. The van der Waals surface area contributed by atoms with Gasteiger partial charge in [-0.05, 0) is 67.2 Å². The summed E-state index contributed by atoms with van der Waals surface area (Å²) in [5.41, 5.74) is 1.32. The minimum atomic E-state index is -0.0721. The lowest BCUT2D eigenvalue weighted by molar-refractivity contribution is 0.415. The molecule has 102 valence electrons. The summed E-state index contributed by atoms with van der Waals surface area (Å²) in [5.74, 6) is 0.922. The summed E-state index contributed by atoms with van der Waals surface area (Å²) in [7, 11) is 1.61. The number of benzene rings is 1. The fraction of sp³-hybridized carbons (Fsp3) is 0.333. The first-order valence-corrected chi connectivity index (χ1v) is 11.5. The van der Waals surface area contributed by atoms with Gasteiger partial charge in [-0.2, -0.15) is 0 Å². The van der Waals surface area contributed by atoms with Gasteiger partial charge in [-0.25, -0.2) is 0 Å². The van der Waals surface area contributed by atoms with Gasteiger partial charge in [-0.15, -0.1) is 11.3 Å². The lowest BCUT2D eigenvalue weighted by Crippen LogP contribution is -2.18. The van der Waals surface area contributed by atoms with E-state index in [9.17, 15) is 0 Å².